The van der Waals surface area contributed by atoms with Gasteiger partial charge in [0.2, 0.25) is 15.9 Å². The SMILES string of the molecule is COCCCN(CC(=O)Nc1ccc(F)cc1)S(C)(=O)=O. The summed E-state index contributed by atoms with van der Waals surface area (Å²) in [6, 6.07) is 5.23. The molecule has 0 heterocycles. The molecule has 0 spiro atoms. The molecule has 8 heteroatoms. The molecule has 1 aromatic rings. The molecule has 1 amide bonds. The fourth-order valence-corrected chi connectivity index (χ4v) is 2.45. The number of sulfonamides is 1. The van der Waals surface area contributed by atoms with Crippen molar-refractivity contribution in [3.05, 3.63) is 30.1 Å². The molecule has 0 radical (unpaired) electrons. The van der Waals surface area contributed by atoms with E-state index < -0.39 is 21.7 Å². The lowest BCUT2D eigenvalue weighted by atomic mass is 10.3. The lowest BCUT2D eigenvalue weighted by molar-refractivity contribution is -0.116. The molecular weight excluding hydrogens is 299 g/mol. The smallest absolute Gasteiger partial charge is 0.239 e. The fraction of sp³-hybridized carbons (Fsp3) is 0.462. The van der Waals surface area contributed by atoms with Gasteiger partial charge >= 0.3 is 0 Å². The number of carbonyl (C=O) groups excluding carboxylic acids is 1. The Morgan fingerprint density at radius 2 is 1.95 bits per heavy atom. The molecule has 0 fully saturated rings. The van der Waals surface area contributed by atoms with E-state index in [0.717, 1.165) is 10.6 Å². The minimum Gasteiger partial charge on any atom is -0.385 e. The zero-order valence-electron chi connectivity index (χ0n) is 12.0. The van der Waals surface area contributed by atoms with Gasteiger partial charge in [-0.25, -0.2) is 12.8 Å². The Balaban J connectivity index is 2.61. The van der Waals surface area contributed by atoms with Crippen LogP contribution in [0, 0.1) is 5.82 Å². The standard InChI is InChI=1S/C13H19FN2O4S/c1-20-9-3-8-16(21(2,18)19)10-13(17)15-12-6-4-11(14)5-7-12/h4-7H,3,8-10H2,1-2H3,(H,15,17). The summed E-state index contributed by atoms with van der Waals surface area (Å²) >= 11 is 0. The highest BCUT2D eigenvalue weighted by atomic mass is 32.2. The molecule has 0 atom stereocenters. The van der Waals surface area contributed by atoms with Crippen molar-refractivity contribution in [2.24, 2.45) is 0 Å². The van der Waals surface area contributed by atoms with Crippen molar-refractivity contribution in [3.8, 4) is 0 Å². The Bertz CT molecular complexity index is 560. The highest BCUT2D eigenvalue weighted by molar-refractivity contribution is 7.88. The van der Waals surface area contributed by atoms with Crippen LogP contribution in [0.25, 0.3) is 0 Å². The summed E-state index contributed by atoms with van der Waals surface area (Å²) in [6.45, 7) is 0.315. The Labute approximate surface area is 123 Å². The molecule has 21 heavy (non-hydrogen) atoms. The van der Waals surface area contributed by atoms with E-state index in [-0.39, 0.29) is 13.1 Å². The lowest BCUT2D eigenvalue weighted by Gasteiger charge is -2.19. The van der Waals surface area contributed by atoms with Crippen LogP contribution < -0.4 is 5.32 Å². The van der Waals surface area contributed by atoms with Gasteiger partial charge in [-0.3, -0.25) is 4.79 Å². The first-order valence-electron chi connectivity index (χ1n) is 6.32. The first-order valence-corrected chi connectivity index (χ1v) is 8.17. The maximum absolute atomic E-state index is 12.8. The van der Waals surface area contributed by atoms with Gasteiger partial charge in [0.15, 0.2) is 0 Å². The topological polar surface area (TPSA) is 75.7 Å². The number of anilines is 1. The van der Waals surface area contributed by atoms with Crippen molar-refractivity contribution in [1.82, 2.24) is 4.31 Å². The summed E-state index contributed by atoms with van der Waals surface area (Å²) in [4.78, 5) is 11.8. The van der Waals surface area contributed by atoms with Crippen LogP contribution in [-0.2, 0) is 19.6 Å². The third kappa shape index (κ3) is 6.65. The number of ether oxygens (including phenoxy) is 1. The number of benzene rings is 1. The van der Waals surface area contributed by atoms with E-state index in [2.05, 4.69) is 5.32 Å². The number of hydrogen-bond acceptors (Lipinski definition) is 4. The molecule has 0 aliphatic rings. The van der Waals surface area contributed by atoms with Crippen molar-refractivity contribution >= 4 is 21.6 Å². The molecular formula is C13H19FN2O4S. The average Bonchev–Trinajstić information content (AvgIpc) is 2.39. The highest BCUT2D eigenvalue weighted by Gasteiger charge is 2.19. The summed E-state index contributed by atoms with van der Waals surface area (Å²) in [5.41, 5.74) is 0.409. The van der Waals surface area contributed by atoms with Crippen molar-refractivity contribution in [3.63, 3.8) is 0 Å². The molecule has 1 N–H and O–H groups in total. The number of amides is 1. The fourth-order valence-electron chi connectivity index (χ4n) is 1.64. The second-order valence-corrected chi connectivity index (χ2v) is 6.48. The first-order chi connectivity index (χ1) is 9.82. The van der Waals surface area contributed by atoms with Gasteiger partial charge in [0.1, 0.15) is 5.82 Å². The van der Waals surface area contributed by atoms with Gasteiger partial charge in [-0.05, 0) is 30.7 Å². The Hall–Kier alpha value is -1.51. The normalized spacial score (nSPS) is 11.6. The molecule has 1 rings (SSSR count). The van der Waals surface area contributed by atoms with Crippen LogP contribution in [0.5, 0.6) is 0 Å². The van der Waals surface area contributed by atoms with Crippen LogP contribution in [0.4, 0.5) is 10.1 Å². The molecule has 1 aromatic carbocycles. The second kappa shape index (κ2) is 8.06. The summed E-state index contributed by atoms with van der Waals surface area (Å²) in [6.07, 6.45) is 1.54. The predicted octanol–water partition coefficient (Wildman–Crippen LogP) is 1.06. The van der Waals surface area contributed by atoms with E-state index in [1.807, 2.05) is 0 Å². The quantitative estimate of drug-likeness (QED) is 0.727. The maximum Gasteiger partial charge on any atom is 0.239 e. The number of methoxy groups -OCH3 is 1. The van der Waals surface area contributed by atoms with Crippen molar-refractivity contribution in [2.75, 3.05) is 38.4 Å². The Morgan fingerprint density at radius 1 is 1.33 bits per heavy atom. The highest BCUT2D eigenvalue weighted by Crippen LogP contribution is 2.09. The number of carbonyl (C=O) groups is 1. The molecule has 0 bridgehead atoms. The number of halogens is 1. The van der Waals surface area contributed by atoms with Crippen molar-refractivity contribution in [1.29, 1.82) is 0 Å². The van der Waals surface area contributed by atoms with Crippen LogP contribution in [0.15, 0.2) is 24.3 Å². The van der Waals surface area contributed by atoms with E-state index >= 15 is 0 Å². The van der Waals surface area contributed by atoms with E-state index in [0.29, 0.717) is 18.7 Å². The van der Waals surface area contributed by atoms with E-state index in [9.17, 15) is 17.6 Å². The van der Waals surface area contributed by atoms with Crippen LogP contribution in [-0.4, -0.2) is 51.7 Å². The van der Waals surface area contributed by atoms with Gasteiger partial charge in [0.25, 0.3) is 0 Å². The zero-order valence-corrected chi connectivity index (χ0v) is 12.8. The van der Waals surface area contributed by atoms with Crippen molar-refractivity contribution < 1.29 is 22.3 Å². The van der Waals surface area contributed by atoms with Crippen LogP contribution >= 0.6 is 0 Å². The molecule has 0 saturated heterocycles. The van der Waals surface area contributed by atoms with Crippen molar-refractivity contribution in [2.45, 2.75) is 6.42 Å². The first kappa shape index (κ1) is 17.5. The van der Waals surface area contributed by atoms with Gasteiger partial charge in [-0.15, -0.1) is 0 Å². The summed E-state index contributed by atoms with van der Waals surface area (Å²) < 4.78 is 41.9. The van der Waals surface area contributed by atoms with Gasteiger partial charge in [0.05, 0.1) is 12.8 Å². The lowest BCUT2D eigenvalue weighted by Crippen LogP contribution is -2.38. The van der Waals surface area contributed by atoms with Gasteiger partial charge < -0.3 is 10.1 Å². The number of hydrogen-bond donors (Lipinski definition) is 1. The molecule has 0 unspecified atom stereocenters. The number of nitrogens with one attached hydrogen (secondary N) is 1. The largest absolute Gasteiger partial charge is 0.385 e. The summed E-state index contributed by atoms with van der Waals surface area (Å²) in [7, 11) is -1.96. The van der Waals surface area contributed by atoms with Crippen LogP contribution in [0.3, 0.4) is 0 Å². The van der Waals surface area contributed by atoms with Crippen LogP contribution in [0.1, 0.15) is 6.42 Å². The Morgan fingerprint density at radius 3 is 2.48 bits per heavy atom. The summed E-state index contributed by atoms with van der Waals surface area (Å²) in [5.74, 6) is -0.894. The van der Waals surface area contributed by atoms with E-state index in [4.69, 9.17) is 4.74 Å². The molecule has 0 aliphatic heterocycles. The van der Waals surface area contributed by atoms with Gasteiger partial charge in [-0.2, -0.15) is 4.31 Å². The Kier molecular flexibility index (Phi) is 6.73. The number of nitrogens with zero attached hydrogens (tertiary/aromatic N) is 1. The second-order valence-electron chi connectivity index (χ2n) is 4.50. The van der Waals surface area contributed by atoms with E-state index in [1.54, 1.807) is 0 Å². The molecule has 118 valence electrons. The third-order valence-electron chi connectivity index (χ3n) is 2.67. The molecule has 0 aliphatic carbocycles. The van der Waals surface area contributed by atoms with E-state index in [1.165, 1.54) is 31.4 Å². The monoisotopic (exact) mass is 318 g/mol. The maximum atomic E-state index is 12.8. The van der Waals surface area contributed by atoms with Crippen LogP contribution in [0.2, 0.25) is 0 Å². The average molecular weight is 318 g/mol. The molecule has 0 saturated carbocycles. The molecule has 0 aromatic heterocycles. The zero-order chi connectivity index (χ0) is 15.9. The number of rotatable bonds is 8. The van der Waals surface area contributed by atoms with Gasteiger partial charge in [0, 0.05) is 25.9 Å². The minimum atomic E-state index is -3.48. The molecule has 6 nitrogen and oxygen atoms in total. The minimum absolute atomic E-state index is 0.198. The predicted molar refractivity (Wildman–Crippen MR) is 77.9 cm³/mol. The van der Waals surface area contributed by atoms with Gasteiger partial charge in [-0.1, -0.05) is 0 Å². The third-order valence-corrected chi connectivity index (χ3v) is 3.92. The summed E-state index contributed by atoms with van der Waals surface area (Å²) in [5, 5.41) is 2.52.